The van der Waals surface area contributed by atoms with E-state index in [0.29, 0.717) is 17.8 Å². The Hall–Kier alpha value is -0.530. The lowest BCUT2D eigenvalue weighted by Crippen LogP contribution is -2.39. The molecule has 0 atom stereocenters. The molecule has 0 rings (SSSR count). The lowest BCUT2D eigenvalue weighted by Gasteiger charge is -2.38. The first-order valence-corrected chi connectivity index (χ1v) is 10.2. The summed E-state index contributed by atoms with van der Waals surface area (Å²) in [5.41, 5.74) is 0.714. The molecule has 0 heterocycles. The molecule has 0 aromatic rings. The zero-order valence-corrected chi connectivity index (χ0v) is 19.8. The topological polar surface area (TPSA) is 29.1 Å². The van der Waals surface area contributed by atoms with E-state index in [9.17, 15) is 4.79 Å². The quantitative estimate of drug-likeness (QED) is 0.495. The summed E-state index contributed by atoms with van der Waals surface area (Å²) in [5, 5.41) is 3.19. The predicted octanol–water partition coefficient (Wildman–Crippen LogP) is 7.08. The molecule has 0 fully saturated rings. The Bertz CT molecular complexity index is 383. The maximum absolute atomic E-state index is 12.4. The first-order valence-electron chi connectivity index (χ1n) is 10.2. The molecule has 0 aliphatic rings. The third kappa shape index (κ3) is 13.3. The summed E-state index contributed by atoms with van der Waals surface area (Å²) in [4.78, 5) is 12.4. The number of nitrogens with one attached hydrogen (secondary N) is 1. The summed E-state index contributed by atoms with van der Waals surface area (Å²) >= 11 is 0. The van der Waals surface area contributed by atoms with Gasteiger partial charge in [-0.25, -0.2) is 0 Å². The van der Waals surface area contributed by atoms with E-state index in [1.54, 1.807) is 0 Å². The average Bonchev–Trinajstić information content (AvgIpc) is 2.34. The summed E-state index contributed by atoms with van der Waals surface area (Å²) in [6.07, 6.45) is 2.77. The lowest BCUT2D eigenvalue weighted by atomic mass is 9.69. The molecule has 0 saturated carbocycles. The molecule has 0 aliphatic carbocycles. The van der Waals surface area contributed by atoms with Crippen LogP contribution >= 0.6 is 0 Å². The Morgan fingerprint density at radius 2 is 1.24 bits per heavy atom. The van der Waals surface area contributed by atoms with E-state index in [1.165, 1.54) is 0 Å². The summed E-state index contributed by atoms with van der Waals surface area (Å²) < 4.78 is 0. The molecule has 0 aromatic heterocycles. The molecule has 2 nitrogen and oxygen atoms in total. The van der Waals surface area contributed by atoms with Crippen LogP contribution in [0.1, 0.15) is 109 Å². The third-order valence-electron chi connectivity index (χ3n) is 4.91. The van der Waals surface area contributed by atoms with Gasteiger partial charge in [-0.2, -0.15) is 0 Å². The van der Waals surface area contributed by atoms with Crippen molar-refractivity contribution in [1.82, 2.24) is 5.32 Å². The number of hydrogen-bond acceptors (Lipinski definition) is 1. The predicted molar refractivity (Wildman–Crippen MR) is 114 cm³/mol. The Labute approximate surface area is 159 Å². The molecular formula is C23H49NO. The van der Waals surface area contributed by atoms with Gasteiger partial charge in [0.1, 0.15) is 0 Å². The summed E-state index contributed by atoms with van der Waals surface area (Å²) in [5.74, 6) is 0.831. The standard InChI is InChI=1S/C21H43NO.C2H6/c1-16(2)21(10,11)14-20(8,9)15-22-17(23)12-19(6,7)13-18(3,4)5;1-2/h16H,12-15H2,1-11H3,(H,22,23);1-2H3. The maximum Gasteiger partial charge on any atom is 0.220 e. The molecule has 0 aromatic carbocycles. The molecule has 152 valence electrons. The van der Waals surface area contributed by atoms with Crippen LogP contribution in [0.3, 0.4) is 0 Å². The molecule has 2 heteroatoms. The van der Waals surface area contributed by atoms with Gasteiger partial charge in [0.2, 0.25) is 5.91 Å². The minimum Gasteiger partial charge on any atom is -0.356 e. The van der Waals surface area contributed by atoms with Crippen LogP contribution in [0.4, 0.5) is 0 Å². The summed E-state index contributed by atoms with van der Waals surface area (Å²) in [6.45, 7) is 29.6. The molecule has 0 saturated heterocycles. The van der Waals surface area contributed by atoms with Gasteiger partial charge in [0.25, 0.3) is 0 Å². The van der Waals surface area contributed by atoms with Gasteiger partial charge in [0.05, 0.1) is 0 Å². The number of rotatable bonds is 8. The van der Waals surface area contributed by atoms with Crippen LogP contribution in [0, 0.1) is 27.6 Å². The van der Waals surface area contributed by atoms with E-state index >= 15 is 0 Å². The lowest BCUT2D eigenvalue weighted by molar-refractivity contribution is -0.124. The van der Waals surface area contributed by atoms with E-state index < -0.39 is 0 Å². The number of hydrogen-bond donors (Lipinski definition) is 1. The van der Waals surface area contributed by atoms with Crippen LogP contribution in [0.5, 0.6) is 0 Å². The highest BCUT2D eigenvalue weighted by Gasteiger charge is 2.32. The fourth-order valence-electron chi connectivity index (χ4n) is 3.83. The van der Waals surface area contributed by atoms with Crippen LogP contribution in [0.2, 0.25) is 0 Å². The monoisotopic (exact) mass is 355 g/mol. The van der Waals surface area contributed by atoms with Gasteiger partial charge in [-0.3, -0.25) is 4.79 Å². The Balaban J connectivity index is 0. The van der Waals surface area contributed by atoms with Gasteiger partial charge >= 0.3 is 0 Å². The van der Waals surface area contributed by atoms with Crippen molar-refractivity contribution in [1.29, 1.82) is 0 Å². The van der Waals surface area contributed by atoms with E-state index in [2.05, 4.69) is 81.5 Å². The van der Waals surface area contributed by atoms with Crippen LogP contribution in [0.15, 0.2) is 0 Å². The van der Waals surface area contributed by atoms with Crippen molar-refractivity contribution in [3.63, 3.8) is 0 Å². The minimum atomic E-state index is 0.0453. The maximum atomic E-state index is 12.4. The smallest absolute Gasteiger partial charge is 0.220 e. The van der Waals surface area contributed by atoms with Crippen molar-refractivity contribution in [2.75, 3.05) is 6.54 Å². The van der Waals surface area contributed by atoms with Gasteiger partial charge in [0.15, 0.2) is 0 Å². The number of amides is 1. The SMILES string of the molecule is CC.CC(C)C(C)(C)CC(C)(C)CNC(=O)CC(C)(C)CC(C)(C)C. The minimum absolute atomic E-state index is 0.0453. The largest absolute Gasteiger partial charge is 0.356 e. The molecule has 0 aliphatic heterocycles. The highest BCUT2D eigenvalue weighted by atomic mass is 16.1. The van der Waals surface area contributed by atoms with E-state index in [0.717, 1.165) is 19.4 Å². The Morgan fingerprint density at radius 3 is 1.60 bits per heavy atom. The van der Waals surface area contributed by atoms with Crippen LogP contribution in [-0.2, 0) is 4.79 Å². The zero-order chi connectivity index (χ0) is 20.7. The molecule has 0 bridgehead atoms. The first-order chi connectivity index (χ1) is 11.0. The van der Waals surface area contributed by atoms with Gasteiger partial charge in [0, 0.05) is 13.0 Å². The van der Waals surface area contributed by atoms with E-state index in [1.807, 2.05) is 13.8 Å². The molecule has 25 heavy (non-hydrogen) atoms. The fourth-order valence-corrected chi connectivity index (χ4v) is 3.83. The second-order valence-corrected chi connectivity index (χ2v) is 11.3. The van der Waals surface area contributed by atoms with Crippen molar-refractivity contribution >= 4 is 5.91 Å². The molecule has 1 N–H and O–H groups in total. The highest BCUT2D eigenvalue weighted by Crippen LogP contribution is 2.39. The molecule has 0 unspecified atom stereocenters. The Morgan fingerprint density at radius 1 is 0.800 bits per heavy atom. The fraction of sp³-hybridized carbons (Fsp3) is 0.957. The second-order valence-electron chi connectivity index (χ2n) is 11.3. The summed E-state index contributed by atoms with van der Waals surface area (Å²) in [7, 11) is 0. The Kier molecular flexibility index (Phi) is 10.7. The van der Waals surface area contributed by atoms with E-state index in [4.69, 9.17) is 0 Å². The van der Waals surface area contributed by atoms with Crippen molar-refractivity contribution < 1.29 is 4.79 Å². The zero-order valence-electron chi connectivity index (χ0n) is 19.8. The second kappa shape index (κ2) is 9.97. The van der Waals surface area contributed by atoms with Crippen molar-refractivity contribution in [2.45, 2.75) is 109 Å². The van der Waals surface area contributed by atoms with Crippen molar-refractivity contribution in [3.8, 4) is 0 Å². The number of carbonyl (C=O) groups excluding carboxylic acids is 1. The highest BCUT2D eigenvalue weighted by molar-refractivity contribution is 5.76. The molecular weight excluding hydrogens is 306 g/mol. The van der Waals surface area contributed by atoms with Crippen molar-refractivity contribution in [2.24, 2.45) is 27.6 Å². The third-order valence-corrected chi connectivity index (χ3v) is 4.91. The first kappa shape index (κ1) is 26.7. The van der Waals surface area contributed by atoms with Gasteiger partial charge in [-0.1, -0.05) is 90.0 Å². The molecule has 1 amide bonds. The number of carbonyl (C=O) groups is 1. The van der Waals surface area contributed by atoms with Crippen molar-refractivity contribution in [3.05, 3.63) is 0 Å². The van der Waals surface area contributed by atoms with E-state index in [-0.39, 0.29) is 22.2 Å². The van der Waals surface area contributed by atoms with Crippen LogP contribution in [-0.4, -0.2) is 12.5 Å². The van der Waals surface area contributed by atoms with Crippen LogP contribution < -0.4 is 5.32 Å². The molecule has 0 spiro atoms. The van der Waals surface area contributed by atoms with Gasteiger partial charge in [-0.05, 0) is 40.4 Å². The van der Waals surface area contributed by atoms with Gasteiger partial charge in [-0.15, -0.1) is 0 Å². The normalized spacial score (nSPS) is 13.4. The van der Waals surface area contributed by atoms with Crippen LogP contribution in [0.25, 0.3) is 0 Å². The summed E-state index contributed by atoms with van der Waals surface area (Å²) in [6, 6.07) is 0. The van der Waals surface area contributed by atoms with Gasteiger partial charge < -0.3 is 5.32 Å². The molecule has 0 radical (unpaired) electrons. The average molecular weight is 356 g/mol.